The van der Waals surface area contributed by atoms with E-state index in [1.165, 1.54) is 12.2 Å². The number of hydrogen-bond acceptors (Lipinski definition) is 19. The van der Waals surface area contributed by atoms with Crippen LogP contribution < -0.4 is 65.1 Å². The molecule has 0 heterocycles. The summed E-state index contributed by atoms with van der Waals surface area (Å²) in [5, 5.41) is 51.8. The van der Waals surface area contributed by atoms with Crippen molar-refractivity contribution in [1.29, 1.82) is 0 Å². The molecule has 0 aliphatic heterocycles. The molecule has 38 heteroatoms. The highest BCUT2D eigenvalue weighted by Crippen LogP contribution is 2.20. The predicted molar refractivity (Wildman–Crippen MR) is 326 cm³/mol. The normalized spacial score (nSPS) is 15.0. The van der Waals surface area contributed by atoms with Crippen LogP contribution in [0.15, 0.2) is 59.6 Å². The molecule has 0 bridgehead atoms. The van der Waals surface area contributed by atoms with Gasteiger partial charge in [0.1, 0.15) is 62.1 Å². The first-order valence-electron chi connectivity index (χ1n) is 29.4. The van der Waals surface area contributed by atoms with Gasteiger partial charge >= 0.3 is 36.4 Å². The second-order valence-corrected chi connectivity index (χ2v) is 28.8. The summed E-state index contributed by atoms with van der Waals surface area (Å²) in [4.78, 5) is 163. The molecule has 9 amide bonds. The minimum absolute atomic E-state index is 0.00587. The highest BCUT2D eigenvalue weighted by Gasteiger charge is 2.44. The van der Waals surface area contributed by atoms with E-state index in [0.29, 0.717) is 16.8 Å². The van der Waals surface area contributed by atoms with Crippen molar-refractivity contribution in [3.8, 4) is 0 Å². The van der Waals surface area contributed by atoms with Gasteiger partial charge in [-0.2, -0.15) is 26.3 Å². The number of ether oxygens (including phenoxy) is 3. The number of aliphatic imine (C=N–C) groups is 1. The number of nitrogen functional groups attached to an aromatic ring is 1. The smallest absolute Gasteiger partial charge is 0.480 e. The van der Waals surface area contributed by atoms with Crippen molar-refractivity contribution in [3.63, 3.8) is 0 Å². The summed E-state index contributed by atoms with van der Waals surface area (Å²) in [5.74, 6) is -19.8. The number of carboxylic acids is 1. The molecule has 0 fully saturated rings. The molecule has 0 aromatic heterocycles. The maximum absolute atomic E-state index is 14.6. The zero-order valence-corrected chi connectivity index (χ0v) is 54.1. The molecule has 2 rings (SSSR count). The Kier molecular flexibility index (Phi) is 32.8. The van der Waals surface area contributed by atoms with E-state index in [9.17, 15) is 99.2 Å². The van der Waals surface area contributed by atoms with Gasteiger partial charge in [-0.15, -0.1) is 0 Å². The number of nitrogens with two attached hydrogens (primary N) is 3. The zero-order valence-electron chi connectivity index (χ0n) is 53.1. The number of alkyl carbamates (subject to hydrolysis) is 1. The zero-order chi connectivity index (χ0) is 72.3. The van der Waals surface area contributed by atoms with Crippen LogP contribution in [0.1, 0.15) is 65.0 Å². The largest absolute Gasteiger partial charge is 0.490 e. The summed E-state index contributed by atoms with van der Waals surface area (Å²) in [7, 11) is -2.45. The molecule has 11 atom stereocenters. The van der Waals surface area contributed by atoms with Crippen LogP contribution in [0.5, 0.6) is 0 Å². The lowest BCUT2D eigenvalue weighted by molar-refractivity contribution is -0.201. The molecule has 2 aromatic carbocycles. The topological polar surface area (TPSA) is 492 Å². The summed E-state index contributed by atoms with van der Waals surface area (Å²) < 4.78 is 90.1. The number of hydrogen-bond donors (Lipinski definition) is 15. The predicted octanol–water partition coefficient (Wildman–Crippen LogP) is -1.25. The van der Waals surface area contributed by atoms with E-state index in [0.717, 1.165) is 6.92 Å². The lowest BCUT2D eigenvalue weighted by atomic mass is 9.96. The minimum Gasteiger partial charge on any atom is -0.480 e. The second kappa shape index (κ2) is 38.1. The molecule has 0 aliphatic rings. The van der Waals surface area contributed by atoms with Gasteiger partial charge in [-0.1, -0.05) is 96.2 Å². The number of nitrogens with zero attached hydrogens (tertiary/aromatic N) is 1. The highest BCUT2D eigenvalue weighted by atomic mass is 28.3. The lowest BCUT2D eigenvalue weighted by Gasteiger charge is -2.32. The minimum atomic E-state index is -5.69. The monoisotopic (exact) mass is 1380 g/mol. The van der Waals surface area contributed by atoms with Gasteiger partial charge in [0, 0.05) is 26.7 Å². The van der Waals surface area contributed by atoms with Crippen LogP contribution in [0.3, 0.4) is 0 Å². The quantitative estimate of drug-likeness (QED) is 0.00549. The molecule has 0 saturated heterocycles. The Morgan fingerprint density at radius 2 is 1.09 bits per heavy atom. The van der Waals surface area contributed by atoms with Crippen LogP contribution in [-0.4, -0.2) is 200 Å². The van der Waals surface area contributed by atoms with E-state index in [-0.39, 0.29) is 50.8 Å². The highest BCUT2D eigenvalue weighted by molar-refractivity contribution is 6.76. The molecule has 2 aromatic rings. The molecule has 530 valence electrons. The number of rotatable bonds is 37. The number of alkyl halides is 6. The number of nitrogens with one attached hydrogen (secondary N) is 9. The van der Waals surface area contributed by atoms with Gasteiger partial charge in [0.25, 0.3) is 0 Å². The van der Waals surface area contributed by atoms with E-state index >= 15 is 0 Å². The van der Waals surface area contributed by atoms with Crippen molar-refractivity contribution in [2.75, 3.05) is 32.0 Å². The third-order valence-corrected chi connectivity index (χ3v) is 15.2. The van der Waals surface area contributed by atoms with Crippen molar-refractivity contribution in [1.82, 2.24) is 47.9 Å². The van der Waals surface area contributed by atoms with Crippen LogP contribution in [-0.2, 0) is 80.0 Å². The van der Waals surface area contributed by atoms with Gasteiger partial charge in [-0.05, 0) is 60.9 Å². The molecule has 0 radical (unpaired) electrons. The van der Waals surface area contributed by atoms with Crippen molar-refractivity contribution < 1.29 is 113 Å². The number of carbonyl (C=O) groups excluding carboxylic acids is 11. The number of esters is 2. The molecule has 0 spiro atoms. The fraction of sp³-hybridized carbons (Fsp3) is 0.561. The van der Waals surface area contributed by atoms with Crippen LogP contribution >= 0.6 is 0 Å². The van der Waals surface area contributed by atoms with Crippen LogP contribution in [0.25, 0.3) is 0 Å². The maximum Gasteiger partial charge on any atom is 0.490 e. The lowest BCUT2D eigenvalue weighted by Crippen LogP contribution is -2.63. The molecule has 18 N–H and O–H groups in total. The van der Waals surface area contributed by atoms with Crippen molar-refractivity contribution in [2.45, 2.75) is 165 Å². The third kappa shape index (κ3) is 30.1. The molecule has 0 unspecified atom stereocenters. The fourth-order valence-corrected chi connectivity index (χ4v) is 9.90. The Labute approximate surface area is 542 Å². The summed E-state index contributed by atoms with van der Waals surface area (Å²) in [6, 6.07) is 0.0345. The average Bonchev–Trinajstić information content (AvgIpc) is 0.917. The summed E-state index contributed by atoms with van der Waals surface area (Å²) in [6.45, 7) is 7.72. The molecule has 0 saturated carbocycles. The number of aliphatic hydroxyl groups excluding tert-OH is 2. The molecule has 0 aliphatic carbocycles. The Hall–Kier alpha value is -9.33. The average molecular weight is 1380 g/mol. The van der Waals surface area contributed by atoms with E-state index in [1.807, 2.05) is 25.0 Å². The molecule has 95 heavy (non-hydrogen) atoms. The summed E-state index contributed by atoms with van der Waals surface area (Å²) in [6.07, 6.45) is -16.1. The Morgan fingerprint density at radius 1 is 0.589 bits per heavy atom. The van der Waals surface area contributed by atoms with Crippen LogP contribution in [0, 0.1) is 11.8 Å². The third-order valence-electron chi connectivity index (χ3n) is 13.6. The van der Waals surface area contributed by atoms with Crippen molar-refractivity contribution >= 4 is 91.0 Å². The van der Waals surface area contributed by atoms with Crippen molar-refractivity contribution in [3.05, 3.63) is 65.7 Å². The first-order chi connectivity index (χ1) is 44.0. The standard InChI is InChI=1S/C57H83F6N13O18Si/c1-9-29(4)40(49(85)75-41(30(5)77)48(84)68-23-39(78)69-36(25-92-52(89)56(58,59)60)46(82)71-37(51(87)88)26-93-53(90)57(61,62)63)74-44(80)34(19-14-20-67-54(65)66)70-47(83)38(27-95(6,7)8)72-50(86)42(43(79)28(2)3)76-45(81)35(22-32-17-13-18-33(64)21-32)73-55(91)94-24-31-15-11-10-12-16-31/h10-13,15-18,21,28-30,34-38,40-43,77,79H,9,14,19-20,22-27,64H2,1-8H3,(H,68,84)(H,69,78)(H,70,83)(H,71,82)(H,72,86)(H,73,91)(H,74,80)(H,75,85)(H,76,81)(H,87,88)(H4,65,66,67)/t29-,30-,34+,35-,36-,37-,38-,40-,41-,42-,43+/m0/s1. The molecular formula is C57H83F6N13O18Si. The van der Waals surface area contributed by atoms with Gasteiger partial charge in [0.05, 0.1) is 18.8 Å². The van der Waals surface area contributed by atoms with Crippen LogP contribution in [0.4, 0.5) is 36.8 Å². The van der Waals surface area contributed by atoms with Crippen molar-refractivity contribution in [2.24, 2.45) is 28.3 Å². The number of halogens is 6. The SMILES string of the molecule is CC[C@H](C)[C@H](NC(=O)[C@@H](CCCN=C(N)N)NC(=O)[C@H](C[Si](C)(C)C)NC(=O)[C@@H](NC(=O)[C@H](Cc1cccc(N)c1)NC(=O)OCc1ccccc1)[C@H](O)C(C)C)C(=O)N[C@H](C(=O)NCC(=O)N[C@@H](COC(=O)C(F)(F)F)C(=O)N[C@@H](COC(=O)C(F)(F)F)C(=O)O)[C@H](C)O. The number of aliphatic carboxylic acids is 1. The van der Waals surface area contributed by atoms with Gasteiger partial charge in [0.15, 0.2) is 12.0 Å². The van der Waals surface area contributed by atoms with Crippen LogP contribution in [0.2, 0.25) is 25.7 Å². The Morgan fingerprint density at radius 3 is 1.62 bits per heavy atom. The number of guanidine groups is 1. The maximum atomic E-state index is 14.6. The first kappa shape index (κ1) is 81.8. The summed E-state index contributed by atoms with van der Waals surface area (Å²) >= 11 is 0. The van der Waals surface area contributed by atoms with E-state index in [2.05, 4.69) is 46.4 Å². The van der Waals surface area contributed by atoms with Gasteiger partial charge in [-0.3, -0.25) is 43.3 Å². The second-order valence-electron chi connectivity index (χ2n) is 23.3. The number of anilines is 1. The number of benzene rings is 2. The van der Waals surface area contributed by atoms with E-state index < -0.39 is 184 Å². The summed E-state index contributed by atoms with van der Waals surface area (Å²) in [5.41, 5.74) is 18.5. The Balaban J connectivity index is 2.47. The fourth-order valence-electron chi connectivity index (χ4n) is 8.38. The van der Waals surface area contributed by atoms with Gasteiger partial charge in [-0.25, -0.2) is 19.2 Å². The number of carbonyl (C=O) groups is 12. The number of amides is 9. The number of aliphatic hydroxyl groups is 2. The van der Waals surface area contributed by atoms with E-state index in [1.54, 1.807) is 80.7 Å². The van der Waals surface area contributed by atoms with Gasteiger partial charge < -0.3 is 94.6 Å². The number of carboxylic acid groups (broad SMARTS) is 1. The Bertz CT molecular complexity index is 3010. The van der Waals surface area contributed by atoms with Gasteiger partial charge in [0.2, 0.25) is 47.3 Å². The van der Waals surface area contributed by atoms with E-state index in [4.69, 9.17) is 21.9 Å². The molecular weight excluding hydrogens is 1300 g/mol. The first-order valence-corrected chi connectivity index (χ1v) is 33.1. The molecule has 31 nitrogen and oxygen atoms in total.